The van der Waals surface area contributed by atoms with Crippen LogP contribution >= 0.6 is 0 Å². The van der Waals surface area contributed by atoms with Crippen molar-refractivity contribution >= 4 is 29.0 Å². The third kappa shape index (κ3) is 6.03. The van der Waals surface area contributed by atoms with E-state index in [9.17, 15) is 19.6 Å². The number of pyridine rings is 1. The molecule has 0 saturated heterocycles. The summed E-state index contributed by atoms with van der Waals surface area (Å²) in [7, 11) is 0. The van der Waals surface area contributed by atoms with Gasteiger partial charge in [-0.1, -0.05) is 50.5 Å². The van der Waals surface area contributed by atoms with Crippen LogP contribution in [0.4, 0.5) is 0 Å². The number of unbranched alkanes of at least 4 members (excludes halogenated alkanes) is 2. The van der Waals surface area contributed by atoms with E-state index in [-0.39, 0.29) is 18.6 Å². The molecule has 3 N–H and O–H groups in total. The summed E-state index contributed by atoms with van der Waals surface area (Å²) >= 11 is 0. The summed E-state index contributed by atoms with van der Waals surface area (Å²) in [4.78, 5) is 39.3. The first-order valence-electron chi connectivity index (χ1n) is 8.91. The number of hydrogen-bond donors (Lipinski definition) is 3. The molecule has 2 aromatic rings. The van der Waals surface area contributed by atoms with E-state index in [2.05, 4.69) is 15.8 Å². The van der Waals surface area contributed by atoms with E-state index >= 15 is 0 Å². The van der Waals surface area contributed by atoms with Crippen LogP contribution in [0.5, 0.6) is 0 Å². The fourth-order valence-corrected chi connectivity index (χ4v) is 2.71. The lowest BCUT2D eigenvalue weighted by atomic mass is 10.0. The number of rotatable bonds is 9. The first-order chi connectivity index (χ1) is 13.0. The molecule has 1 aromatic heterocycles. The summed E-state index contributed by atoms with van der Waals surface area (Å²) in [5, 5.41) is 11.6. The van der Waals surface area contributed by atoms with Gasteiger partial charge in [0.25, 0.3) is 5.91 Å². The number of amides is 3. The van der Waals surface area contributed by atoms with Gasteiger partial charge in [-0.3, -0.25) is 35.4 Å². The third-order valence-corrected chi connectivity index (χ3v) is 4.22. The van der Waals surface area contributed by atoms with Gasteiger partial charge in [-0.05, 0) is 17.9 Å². The lowest BCUT2D eigenvalue weighted by Crippen LogP contribution is -2.47. The van der Waals surface area contributed by atoms with Gasteiger partial charge in [-0.2, -0.15) is 0 Å². The van der Waals surface area contributed by atoms with E-state index in [0.717, 1.165) is 30.0 Å². The number of fused-ring (bicyclic) bond motifs is 1. The maximum Gasteiger partial charge on any atom is 0.288 e. The van der Waals surface area contributed by atoms with E-state index in [1.807, 2.05) is 31.2 Å². The highest BCUT2D eigenvalue weighted by molar-refractivity contribution is 5.97. The quantitative estimate of drug-likeness (QED) is 0.270. The van der Waals surface area contributed by atoms with Gasteiger partial charge in [0.1, 0.15) is 5.69 Å². The van der Waals surface area contributed by atoms with Crippen LogP contribution in [0, 0.1) is 5.92 Å². The number of hydrogen-bond acceptors (Lipinski definition) is 5. The van der Waals surface area contributed by atoms with Gasteiger partial charge < -0.3 is 0 Å². The zero-order chi connectivity index (χ0) is 19.6. The van der Waals surface area contributed by atoms with Gasteiger partial charge >= 0.3 is 0 Å². The van der Waals surface area contributed by atoms with E-state index < -0.39 is 17.7 Å². The van der Waals surface area contributed by atoms with Crippen LogP contribution in [0.3, 0.4) is 0 Å². The van der Waals surface area contributed by atoms with Crippen molar-refractivity contribution in [1.82, 2.24) is 20.9 Å². The molecule has 8 heteroatoms. The summed E-state index contributed by atoms with van der Waals surface area (Å²) in [5.41, 5.74) is 4.86. The Balaban J connectivity index is 1.96. The fourth-order valence-electron chi connectivity index (χ4n) is 2.71. The minimum absolute atomic E-state index is 0.136. The molecular weight excluding hydrogens is 348 g/mol. The Morgan fingerprint density at radius 2 is 1.96 bits per heavy atom. The van der Waals surface area contributed by atoms with Crippen LogP contribution in [0.15, 0.2) is 36.5 Å². The molecule has 3 amide bonds. The van der Waals surface area contributed by atoms with Crippen LogP contribution < -0.4 is 10.9 Å². The molecule has 0 fully saturated rings. The molecule has 0 aliphatic heterocycles. The molecule has 144 valence electrons. The van der Waals surface area contributed by atoms with Crippen LogP contribution in [-0.2, 0) is 9.59 Å². The van der Waals surface area contributed by atoms with Crippen molar-refractivity contribution < 1.29 is 19.6 Å². The lowest BCUT2D eigenvalue weighted by molar-refractivity contribution is -0.154. The van der Waals surface area contributed by atoms with Crippen LogP contribution in [-0.4, -0.2) is 40.0 Å². The number of benzene rings is 1. The smallest absolute Gasteiger partial charge is 0.286 e. The van der Waals surface area contributed by atoms with Gasteiger partial charge in [0, 0.05) is 11.6 Å². The summed E-state index contributed by atoms with van der Waals surface area (Å²) in [6.45, 7) is 1.90. The van der Waals surface area contributed by atoms with Crippen LogP contribution in [0.25, 0.3) is 10.8 Å². The number of nitrogens with one attached hydrogen (secondary N) is 2. The Hall–Kier alpha value is -3.00. The molecular formula is C19H24N4O4. The van der Waals surface area contributed by atoms with Crippen molar-refractivity contribution in [3.8, 4) is 0 Å². The van der Waals surface area contributed by atoms with E-state index in [1.165, 1.54) is 0 Å². The monoisotopic (exact) mass is 372 g/mol. The van der Waals surface area contributed by atoms with Gasteiger partial charge in [0.15, 0.2) is 0 Å². The first-order valence-corrected chi connectivity index (χ1v) is 8.91. The topological polar surface area (TPSA) is 112 Å². The standard InChI is InChI=1S/C19H24N4O4/c1-2-3-4-9-16(12-23(27)13-24)18(25)21-22-19(26)17-10-14-7-5-6-8-15(14)11-20-17/h5-8,10-11,13,16,27H,2-4,9,12H2,1H3,(H,21,25)(H,22,26)/t16-/m1/s1. The minimum atomic E-state index is -0.628. The second-order valence-corrected chi connectivity index (χ2v) is 6.28. The average molecular weight is 372 g/mol. The normalized spacial score (nSPS) is 11.6. The highest BCUT2D eigenvalue weighted by Crippen LogP contribution is 2.13. The Morgan fingerprint density at radius 3 is 2.67 bits per heavy atom. The molecule has 0 aliphatic carbocycles. The minimum Gasteiger partial charge on any atom is -0.286 e. The van der Waals surface area contributed by atoms with Gasteiger partial charge in [0.05, 0.1) is 12.5 Å². The second kappa shape index (κ2) is 10.2. The number of hydrazine groups is 1. The molecule has 2 rings (SSSR count). The third-order valence-electron chi connectivity index (χ3n) is 4.22. The van der Waals surface area contributed by atoms with Gasteiger partial charge in [0.2, 0.25) is 12.3 Å². The maximum atomic E-state index is 12.3. The molecule has 0 bridgehead atoms. The van der Waals surface area contributed by atoms with Crippen molar-refractivity contribution in [3.63, 3.8) is 0 Å². The number of hydroxylamine groups is 2. The fraction of sp³-hybridized carbons (Fsp3) is 0.368. The Bertz CT molecular complexity index is 796. The van der Waals surface area contributed by atoms with E-state index in [0.29, 0.717) is 11.5 Å². The number of carbonyl (C=O) groups excluding carboxylic acids is 3. The highest BCUT2D eigenvalue weighted by atomic mass is 16.5. The number of aromatic nitrogens is 1. The maximum absolute atomic E-state index is 12.3. The van der Waals surface area contributed by atoms with Gasteiger partial charge in [-0.15, -0.1) is 0 Å². The molecule has 1 aromatic carbocycles. The Morgan fingerprint density at radius 1 is 1.22 bits per heavy atom. The average Bonchev–Trinajstić information content (AvgIpc) is 2.70. The predicted molar refractivity (Wildman–Crippen MR) is 99.5 cm³/mol. The number of carbonyl (C=O) groups is 3. The van der Waals surface area contributed by atoms with E-state index in [1.54, 1.807) is 12.3 Å². The van der Waals surface area contributed by atoms with Crippen molar-refractivity contribution in [2.75, 3.05) is 6.54 Å². The summed E-state index contributed by atoms with van der Waals surface area (Å²) in [6, 6.07) is 9.13. The Kier molecular flexibility index (Phi) is 7.69. The second-order valence-electron chi connectivity index (χ2n) is 6.28. The molecule has 0 radical (unpaired) electrons. The van der Waals surface area contributed by atoms with Crippen LogP contribution in [0.2, 0.25) is 0 Å². The van der Waals surface area contributed by atoms with Crippen molar-refractivity contribution in [1.29, 1.82) is 0 Å². The summed E-state index contributed by atoms with van der Waals surface area (Å²) in [6.07, 6.45) is 5.03. The molecule has 0 saturated carbocycles. The van der Waals surface area contributed by atoms with Crippen LogP contribution in [0.1, 0.15) is 43.1 Å². The zero-order valence-electron chi connectivity index (χ0n) is 15.2. The van der Waals surface area contributed by atoms with Crippen molar-refractivity contribution in [2.24, 2.45) is 5.92 Å². The SMILES string of the molecule is CCCCC[C@H](CN(O)C=O)C(=O)NNC(=O)c1cc2ccccc2cn1. The lowest BCUT2D eigenvalue weighted by Gasteiger charge is -2.19. The predicted octanol–water partition coefficient (Wildman–Crippen LogP) is 2.04. The molecule has 8 nitrogen and oxygen atoms in total. The molecule has 1 atom stereocenters. The summed E-state index contributed by atoms with van der Waals surface area (Å²) < 4.78 is 0. The first kappa shape index (κ1) is 20.3. The molecule has 27 heavy (non-hydrogen) atoms. The largest absolute Gasteiger partial charge is 0.288 e. The number of nitrogens with zero attached hydrogens (tertiary/aromatic N) is 2. The highest BCUT2D eigenvalue weighted by Gasteiger charge is 2.21. The Labute approximate surface area is 157 Å². The molecule has 0 unspecified atom stereocenters. The van der Waals surface area contributed by atoms with Crippen molar-refractivity contribution in [3.05, 3.63) is 42.2 Å². The zero-order valence-corrected chi connectivity index (χ0v) is 15.2. The molecule has 0 aliphatic rings. The molecule has 0 spiro atoms. The summed E-state index contributed by atoms with van der Waals surface area (Å²) in [5.74, 6) is -1.64. The van der Waals surface area contributed by atoms with Gasteiger partial charge in [-0.25, -0.2) is 5.06 Å². The molecule has 1 heterocycles. The van der Waals surface area contributed by atoms with E-state index in [4.69, 9.17) is 0 Å². The van der Waals surface area contributed by atoms with Crippen molar-refractivity contribution in [2.45, 2.75) is 32.6 Å².